The van der Waals surface area contributed by atoms with Crippen LogP contribution in [0.25, 0.3) is 16.8 Å². The maximum Gasteiger partial charge on any atom is 0.256 e. The van der Waals surface area contributed by atoms with E-state index in [9.17, 15) is 18.0 Å². The first kappa shape index (κ1) is 20.9. The molecule has 2 unspecified atom stereocenters. The Morgan fingerprint density at radius 3 is 2.65 bits per heavy atom. The van der Waals surface area contributed by atoms with E-state index >= 15 is 0 Å². The van der Waals surface area contributed by atoms with Crippen molar-refractivity contribution in [1.82, 2.24) is 24.1 Å². The molecule has 1 fully saturated rings. The number of piperidine rings is 1. The van der Waals surface area contributed by atoms with Crippen LogP contribution in [0.2, 0.25) is 0 Å². The van der Waals surface area contributed by atoms with Gasteiger partial charge in [-0.15, -0.1) is 0 Å². The molecule has 9 heteroatoms. The number of rotatable bonds is 2. The lowest BCUT2D eigenvalue weighted by molar-refractivity contribution is 0.0391. The smallest absolute Gasteiger partial charge is 0.256 e. The summed E-state index contributed by atoms with van der Waals surface area (Å²) in [6, 6.07) is 5.42. The first-order valence-electron chi connectivity index (χ1n) is 11.3. The van der Waals surface area contributed by atoms with E-state index in [0.717, 1.165) is 54.0 Å². The van der Waals surface area contributed by atoms with Crippen LogP contribution in [0.15, 0.2) is 36.7 Å². The number of carbonyl (C=O) groups is 1. The zero-order valence-electron chi connectivity index (χ0n) is 18.7. The lowest BCUT2D eigenvalue weighted by Crippen LogP contribution is -2.49. The second-order valence-corrected chi connectivity index (χ2v) is 9.13. The zero-order chi connectivity index (χ0) is 23.7. The number of hydrogen-bond donors (Lipinski definition) is 0. The van der Waals surface area contributed by atoms with Gasteiger partial charge in [0.1, 0.15) is 5.82 Å². The number of aromatic nitrogens is 4. The van der Waals surface area contributed by atoms with Crippen molar-refractivity contribution in [2.24, 2.45) is 7.05 Å². The van der Waals surface area contributed by atoms with Crippen molar-refractivity contribution in [3.05, 3.63) is 76.8 Å². The van der Waals surface area contributed by atoms with Crippen molar-refractivity contribution < 1.29 is 18.0 Å². The summed E-state index contributed by atoms with van der Waals surface area (Å²) in [6.45, 7) is 1.89. The topological polar surface area (TPSA) is 55.4 Å². The number of imidazole rings is 1. The van der Waals surface area contributed by atoms with E-state index in [0.29, 0.717) is 17.7 Å². The number of hydrogen-bond acceptors (Lipinski definition) is 3. The number of carbonyl (C=O) groups excluding carboxylic acids is 1. The van der Waals surface area contributed by atoms with Crippen molar-refractivity contribution in [1.29, 1.82) is 0 Å². The van der Waals surface area contributed by atoms with Gasteiger partial charge in [0.2, 0.25) is 0 Å². The molecule has 2 bridgehead atoms. The molecule has 1 saturated heterocycles. The van der Waals surface area contributed by atoms with E-state index < -0.39 is 17.5 Å². The fourth-order valence-electron chi connectivity index (χ4n) is 5.60. The molecule has 0 N–H and O–H groups in total. The Bertz CT molecular complexity index is 1450. The number of aryl methyl sites for hydroxylation is 2. The Balaban J connectivity index is 1.43. The molecular weight excluding hydrogens is 443 g/mol. The number of fused-ring (bicyclic) bond motifs is 5. The van der Waals surface area contributed by atoms with E-state index in [1.807, 2.05) is 34.6 Å². The second kappa shape index (κ2) is 7.44. The molecule has 0 radical (unpaired) electrons. The molecule has 174 valence electrons. The van der Waals surface area contributed by atoms with E-state index in [1.165, 1.54) is 0 Å². The molecule has 0 aliphatic carbocycles. The van der Waals surface area contributed by atoms with Crippen molar-refractivity contribution in [3.63, 3.8) is 0 Å². The van der Waals surface area contributed by atoms with Crippen molar-refractivity contribution in [2.45, 2.75) is 44.7 Å². The van der Waals surface area contributed by atoms with Crippen molar-refractivity contribution in [2.75, 3.05) is 0 Å². The average molecular weight is 465 g/mol. The summed E-state index contributed by atoms with van der Waals surface area (Å²) in [5, 5.41) is 4.68. The largest absolute Gasteiger partial charge is 0.327 e. The monoisotopic (exact) mass is 465 g/mol. The first-order chi connectivity index (χ1) is 16.3. The fourth-order valence-corrected chi connectivity index (χ4v) is 5.60. The Hall–Kier alpha value is -3.62. The maximum atomic E-state index is 14.0. The molecule has 2 aliphatic rings. The fraction of sp³-hybridized carbons (Fsp3) is 0.320. The number of benzene rings is 1. The Labute approximate surface area is 193 Å². The summed E-state index contributed by atoms with van der Waals surface area (Å²) in [7, 11) is 1.71. The quantitative estimate of drug-likeness (QED) is 0.402. The normalized spacial score (nSPS) is 19.5. The lowest BCUT2D eigenvalue weighted by Gasteiger charge is -2.45. The highest BCUT2D eigenvalue weighted by Crippen LogP contribution is 2.45. The van der Waals surface area contributed by atoms with Crippen LogP contribution in [-0.4, -0.2) is 36.0 Å². The molecule has 0 saturated carbocycles. The van der Waals surface area contributed by atoms with Crippen LogP contribution in [-0.2, 0) is 13.5 Å². The minimum atomic E-state index is -1.49. The lowest BCUT2D eigenvalue weighted by atomic mass is 9.81. The Morgan fingerprint density at radius 1 is 1.12 bits per heavy atom. The van der Waals surface area contributed by atoms with Gasteiger partial charge >= 0.3 is 0 Å². The van der Waals surface area contributed by atoms with Gasteiger partial charge in [0.15, 0.2) is 17.5 Å². The summed E-state index contributed by atoms with van der Waals surface area (Å²) in [5.41, 5.74) is 3.91. The average Bonchev–Trinajstić information content (AvgIpc) is 3.35. The minimum absolute atomic E-state index is 0.0589. The first-order valence-corrected chi connectivity index (χ1v) is 11.3. The molecule has 1 amide bonds. The van der Waals surface area contributed by atoms with Gasteiger partial charge in [-0.2, -0.15) is 5.10 Å². The molecule has 2 atom stereocenters. The number of pyridine rings is 1. The molecule has 6 rings (SSSR count). The molecule has 5 heterocycles. The maximum absolute atomic E-state index is 14.0. The van der Waals surface area contributed by atoms with Crippen molar-refractivity contribution in [3.8, 4) is 11.3 Å². The summed E-state index contributed by atoms with van der Waals surface area (Å²) >= 11 is 0. The highest BCUT2D eigenvalue weighted by atomic mass is 19.2. The third-order valence-electron chi connectivity index (χ3n) is 7.13. The molecule has 3 aromatic heterocycles. The molecular formula is C25H22F3N5O. The molecule has 2 aliphatic heterocycles. The van der Waals surface area contributed by atoms with Crippen LogP contribution < -0.4 is 0 Å². The van der Waals surface area contributed by atoms with Crippen LogP contribution in [0, 0.1) is 24.4 Å². The predicted octanol–water partition coefficient (Wildman–Crippen LogP) is 4.75. The van der Waals surface area contributed by atoms with E-state index in [1.54, 1.807) is 17.9 Å². The zero-order valence-corrected chi connectivity index (χ0v) is 18.7. The van der Waals surface area contributed by atoms with Crippen LogP contribution in [0.3, 0.4) is 0 Å². The van der Waals surface area contributed by atoms with Crippen LogP contribution in [0.4, 0.5) is 13.2 Å². The molecule has 4 aromatic rings. The summed E-state index contributed by atoms with van der Waals surface area (Å²) in [5.74, 6) is -3.22. The molecule has 6 nitrogen and oxygen atoms in total. The summed E-state index contributed by atoms with van der Waals surface area (Å²) in [6.07, 6.45) is 6.65. The van der Waals surface area contributed by atoms with Gasteiger partial charge < -0.3 is 9.30 Å². The van der Waals surface area contributed by atoms with Gasteiger partial charge in [-0.3, -0.25) is 9.48 Å². The summed E-state index contributed by atoms with van der Waals surface area (Å²) < 4.78 is 45.0. The highest BCUT2D eigenvalue weighted by Gasteiger charge is 2.43. The Kier molecular flexibility index (Phi) is 4.59. The SMILES string of the molecule is Cc1ncc2ccc(C(=O)N3C4CCCC3c3nn(C)c(-c5cc(F)c(F)c(F)c5)c3C4)cn12. The standard InChI is InChI=1S/C25H22F3N5O/c1-13-29-11-17-7-6-14(12-32(13)17)25(34)33-16-4-3-5-21(33)23-18(10-16)24(31(2)30-23)15-8-19(26)22(28)20(27)9-15/h6-9,11-12,16,21H,3-5,10H2,1-2H3. The van der Waals surface area contributed by atoms with Gasteiger partial charge in [-0.25, -0.2) is 18.2 Å². The van der Waals surface area contributed by atoms with Crippen LogP contribution in [0.1, 0.15) is 52.7 Å². The third kappa shape index (κ3) is 2.99. The van der Waals surface area contributed by atoms with Crippen LogP contribution >= 0.6 is 0 Å². The van der Waals surface area contributed by atoms with Gasteiger partial charge in [0.05, 0.1) is 34.7 Å². The van der Waals surface area contributed by atoms with Crippen LogP contribution in [0.5, 0.6) is 0 Å². The van der Waals surface area contributed by atoms with Gasteiger partial charge in [0.25, 0.3) is 5.91 Å². The minimum Gasteiger partial charge on any atom is -0.327 e. The van der Waals surface area contributed by atoms with E-state index in [2.05, 4.69) is 10.1 Å². The number of amides is 1. The molecule has 0 spiro atoms. The Morgan fingerprint density at radius 2 is 1.88 bits per heavy atom. The molecule has 34 heavy (non-hydrogen) atoms. The van der Waals surface area contributed by atoms with Gasteiger partial charge in [-0.1, -0.05) is 0 Å². The van der Waals surface area contributed by atoms with Gasteiger partial charge in [-0.05, 0) is 56.9 Å². The molecule has 1 aromatic carbocycles. The van der Waals surface area contributed by atoms with Crippen molar-refractivity contribution >= 4 is 11.4 Å². The summed E-state index contributed by atoms with van der Waals surface area (Å²) in [4.78, 5) is 19.9. The van der Waals surface area contributed by atoms with Gasteiger partial charge in [0, 0.05) is 30.4 Å². The number of halogens is 3. The second-order valence-electron chi connectivity index (χ2n) is 9.13. The number of nitrogens with zero attached hydrogens (tertiary/aromatic N) is 5. The van der Waals surface area contributed by atoms with E-state index in [-0.39, 0.29) is 23.6 Å². The highest BCUT2D eigenvalue weighted by molar-refractivity contribution is 5.95. The van der Waals surface area contributed by atoms with E-state index in [4.69, 9.17) is 0 Å². The predicted molar refractivity (Wildman–Crippen MR) is 119 cm³/mol. The third-order valence-corrected chi connectivity index (χ3v) is 7.13.